The smallest absolute Gasteiger partial charge is 0.261 e. The Balaban J connectivity index is 1.79. The number of carbonyl (C=O) groups is 1. The molecular weight excluding hydrogens is 292 g/mol. The van der Waals surface area contributed by atoms with E-state index in [0.29, 0.717) is 13.0 Å². The van der Waals surface area contributed by atoms with E-state index in [2.05, 4.69) is 17.1 Å². The van der Waals surface area contributed by atoms with E-state index in [4.69, 9.17) is 9.47 Å². The molecule has 128 valence electrons. The number of carbonyl (C=O) groups excluding carboxylic acids is 1. The average Bonchev–Trinajstić information content (AvgIpc) is 2.56. The van der Waals surface area contributed by atoms with Gasteiger partial charge in [-0.2, -0.15) is 0 Å². The molecule has 1 aliphatic heterocycles. The van der Waals surface area contributed by atoms with E-state index in [1.165, 1.54) is 11.1 Å². The molecule has 1 heterocycles. The van der Waals surface area contributed by atoms with Crippen LogP contribution in [0.1, 0.15) is 24.5 Å². The number of nitrogens with zero attached hydrogens (tertiary/aromatic N) is 1. The molecule has 0 radical (unpaired) electrons. The van der Waals surface area contributed by atoms with Gasteiger partial charge in [-0.3, -0.25) is 9.69 Å². The standard InChI is InChI=1S/C18H28N2O3/c1-4-17(23-16-6-5-14(2)15(3)13-16)18(21)19-7-8-20-9-11-22-12-10-20/h5-6,13,17H,4,7-12H2,1-3H3,(H,19,21)/t17-/m1/s1. The van der Waals surface area contributed by atoms with Crippen LogP contribution in [0.25, 0.3) is 0 Å². The Kier molecular flexibility index (Phi) is 6.86. The van der Waals surface area contributed by atoms with Crippen LogP contribution < -0.4 is 10.1 Å². The largest absolute Gasteiger partial charge is 0.481 e. The zero-order valence-electron chi connectivity index (χ0n) is 14.4. The van der Waals surface area contributed by atoms with E-state index >= 15 is 0 Å². The maximum atomic E-state index is 12.3. The third-order valence-electron chi connectivity index (χ3n) is 4.25. The van der Waals surface area contributed by atoms with Gasteiger partial charge >= 0.3 is 0 Å². The summed E-state index contributed by atoms with van der Waals surface area (Å²) >= 11 is 0. The van der Waals surface area contributed by atoms with Crippen molar-refractivity contribution in [3.05, 3.63) is 29.3 Å². The van der Waals surface area contributed by atoms with E-state index in [1.54, 1.807) is 0 Å². The van der Waals surface area contributed by atoms with E-state index in [0.717, 1.165) is 38.6 Å². The van der Waals surface area contributed by atoms with Crippen LogP contribution in [-0.2, 0) is 9.53 Å². The zero-order chi connectivity index (χ0) is 16.7. The maximum absolute atomic E-state index is 12.3. The monoisotopic (exact) mass is 320 g/mol. The van der Waals surface area contributed by atoms with Gasteiger partial charge in [0.2, 0.25) is 0 Å². The third kappa shape index (κ3) is 5.52. The van der Waals surface area contributed by atoms with Gasteiger partial charge in [-0.25, -0.2) is 0 Å². The van der Waals surface area contributed by atoms with Gasteiger partial charge in [0.15, 0.2) is 6.10 Å². The van der Waals surface area contributed by atoms with Gasteiger partial charge in [-0.15, -0.1) is 0 Å². The molecule has 0 unspecified atom stereocenters. The fraction of sp³-hybridized carbons (Fsp3) is 0.611. The zero-order valence-corrected chi connectivity index (χ0v) is 14.4. The predicted octanol–water partition coefficient (Wildman–Crippen LogP) is 1.91. The third-order valence-corrected chi connectivity index (χ3v) is 4.25. The van der Waals surface area contributed by atoms with Crippen molar-refractivity contribution in [3.8, 4) is 5.75 Å². The highest BCUT2D eigenvalue weighted by Crippen LogP contribution is 2.18. The quantitative estimate of drug-likeness (QED) is 0.834. The van der Waals surface area contributed by atoms with Crippen LogP contribution in [0.3, 0.4) is 0 Å². The van der Waals surface area contributed by atoms with E-state index in [-0.39, 0.29) is 5.91 Å². The Morgan fingerprint density at radius 3 is 2.70 bits per heavy atom. The molecule has 1 saturated heterocycles. The fourth-order valence-corrected chi connectivity index (χ4v) is 2.55. The number of morpholine rings is 1. The normalized spacial score (nSPS) is 16.8. The molecule has 1 amide bonds. The van der Waals surface area contributed by atoms with Crippen molar-refractivity contribution in [1.29, 1.82) is 0 Å². The van der Waals surface area contributed by atoms with Gasteiger partial charge in [0.1, 0.15) is 5.75 Å². The second-order valence-corrected chi connectivity index (χ2v) is 6.01. The van der Waals surface area contributed by atoms with Crippen LogP contribution >= 0.6 is 0 Å². The number of aryl methyl sites for hydroxylation is 2. The van der Waals surface area contributed by atoms with Gasteiger partial charge in [0.25, 0.3) is 5.91 Å². The molecule has 0 spiro atoms. The first-order valence-corrected chi connectivity index (χ1v) is 8.42. The summed E-state index contributed by atoms with van der Waals surface area (Å²) in [4.78, 5) is 14.6. The molecule has 1 N–H and O–H groups in total. The summed E-state index contributed by atoms with van der Waals surface area (Å²) < 4.78 is 11.2. The van der Waals surface area contributed by atoms with Gasteiger partial charge < -0.3 is 14.8 Å². The second-order valence-electron chi connectivity index (χ2n) is 6.01. The lowest BCUT2D eigenvalue weighted by atomic mass is 10.1. The number of nitrogens with one attached hydrogen (secondary N) is 1. The first-order chi connectivity index (χ1) is 11.1. The summed E-state index contributed by atoms with van der Waals surface area (Å²) in [7, 11) is 0. The molecule has 23 heavy (non-hydrogen) atoms. The van der Waals surface area contributed by atoms with E-state index in [1.807, 2.05) is 32.0 Å². The van der Waals surface area contributed by atoms with Crippen LogP contribution in [0.4, 0.5) is 0 Å². The predicted molar refractivity (Wildman–Crippen MR) is 90.9 cm³/mol. The molecule has 1 aromatic carbocycles. The van der Waals surface area contributed by atoms with Crippen molar-refractivity contribution in [2.24, 2.45) is 0 Å². The van der Waals surface area contributed by atoms with Crippen LogP contribution in [0.5, 0.6) is 5.75 Å². The minimum absolute atomic E-state index is 0.0426. The molecule has 5 nitrogen and oxygen atoms in total. The average molecular weight is 320 g/mol. The molecule has 0 aromatic heterocycles. The molecule has 5 heteroatoms. The van der Waals surface area contributed by atoms with Crippen molar-refractivity contribution in [1.82, 2.24) is 10.2 Å². The number of benzene rings is 1. The van der Waals surface area contributed by atoms with Gasteiger partial charge in [-0.05, 0) is 43.5 Å². The summed E-state index contributed by atoms with van der Waals surface area (Å²) in [5.41, 5.74) is 2.39. The first kappa shape index (κ1) is 17.8. The highest BCUT2D eigenvalue weighted by molar-refractivity contribution is 5.81. The Bertz CT molecular complexity index is 513. The van der Waals surface area contributed by atoms with Crippen molar-refractivity contribution in [2.45, 2.75) is 33.3 Å². The minimum Gasteiger partial charge on any atom is -0.481 e. The lowest BCUT2D eigenvalue weighted by Gasteiger charge is -2.26. The van der Waals surface area contributed by atoms with Gasteiger partial charge in [0.05, 0.1) is 13.2 Å². The molecule has 1 aliphatic rings. The second kappa shape index (κ2) is 8.89. The number of amides is 1. The topological polar surface area (TPSA) is 50.8 Å². The summed E-state index contributed by atoms with van der Waals surface area (Å²) in [6.45, 7) is 11.0. The lowest BCUT2D eigenvalue weighted by molar-refractivity contribution is -0.128. The van der Waals surface area contributed by atoms with Crippen LogP contribution in [0.2, 0.25) is 0 Å². The SMILES string of the molecule is CC[C@@H](Oc1ccc(C)c(C)c1)C(=O)NCCN1CCOCC1. The molecule has 0 aliphatic carbocycles. The molecule has 2 rings (SSSR count). The van der Waals surface area contributed by atoms with Crippen LogP contribution in [0, 0.1) is 13.8 Å². The van der Waals surface area contributed by atoms with E-state index < -0.39 is 6.10 Å². The summed E-state index contributed by atoms with van der Waals surface area (Å²) in [5.74, 6) is 0.710. The van der Waals surface area contributed by atoms with Crippen molar-refractivity contribution < 1.29 is 14.3 Å². The molecule has 0 saturated carbocycles. The highest BCUT2D eigenvalue weighted by Gasteiger charge is 2.18. The minimum atomic E-state index is -0.443. The fourth-order valence-electron chi connectivity index (χ4n) is 2.55. The van der Waals surface area contributed by atoms with Crippen molar-refractivity contribution in [2.75, 3.05) is 39.4 Å². The van der Waals surface area contributed by atoms with Crippen LogP contribution in [-0.4, -0.2) is 56.3 Å². The number of hydrogen-bond donors (Lipinski definition) is 1. The maximum Gasteiger partial charge on any atom is 0.261 e. The summed E-state index contributed by atoms with van der Waals surface area (Å²) in [6.07, 6.45) is 0.206. The number of hydrogen-bond acceptors (Lipinski definition) is 4. The molecule has 1 fully saturated rings. The van der Waals surface area contributed by atoms with Crippen LogP contribution in [0.15, 0.2) is 18.2 Å². The number of rotatable bonds is 7. The molecule has 0 bridgehead atoms. The van der Waals surface area contributed by atoms with Crippen molar-refractivity contribution >= 4 is 5.91 Å². The summed E-state index contributed by atoms with van der Waals surface area (Å²) in [6, 6.07) is 5.93. The molecule has 1 aromatic rings. The Labute approximate surface area is 139 Å². The Morgan fingerprint density at radius 1 is 1.30 bits per heavy atom. The van der Waals surface area contributed by atoms with Crippen molar-refractivity contribution in [3.63, 3.8) is 0 Å². The van der Waals surface area contributed by atoms with Gasteiger partial charge in [0, 0.05) is 26.2 Å². The Morgan fingerprint density at radius 2 is 2.04 bits per heavy atom. The Hall–Kier alpha value is -1.59. The molecule has 1 atom stereocenters. The lowest BCUT2D eigenvalue weighted by Crippen LogP contribution is -2.44. The van der Waals surface area contributed by atoms with Gasteiger partial charge in [-0.1, -0.05) is 13.0 Å². The first-order valence-electron chi connectivity index (χ1n) is 8.42. The highest BCUT2D eigenvalue weighted by atomic mass is 16.5. The summed E-state index contributed by atoms with van der Waals surface area (Å²) in [5, 5.41) is 2.98. The number of ether oxygens (including phenoxy) is 2. The molecular formula is C18H28N2O3. The van der Waals surface area contributed by atoms with E-state index in [9.17, 15) is 4.79 Å².